The van der Waals surface area contributed by atoms with E-state index in [1.807, 2.05) is 19.1 Å². The molecule has 0 aliphatic heterocycles. The Hall–Kier alpha value is -1.02. The molecule has 2 nitrogen and oxygen atoms in total. The number of ether oxygens (including phenoxy) is 1. The molecule has 0 amide bonds. The van der Waals surface area contributed by atoms with E-state index in [1.54, 1.807) is 0 Å². The lowest BCUT2D eigenvalue weighted by atomic mass is 9.75. The number of rotatable bonds is 7. The van der Waals surface area contributed by atoms with Crippen molar-refractivity contribution in [3.63, 3.8) is 0 Å². The molecule has 0 heterocycles. The lowest BCUT2D eigenvalue weighted by Crippen LogP contribution is -2.26. The molecule has 0 aromatic heterocycles. The first-order valence-corrected chi connectivity index (χ1v) is 8.72. The van der Waals surface area contributed by atoms with Crippen molar-refractivity contribution >= 4 is 0 Å². The van der Waals surface area contributed by atoms with Gasteiger partial charge < -0.3 is 10.5 Å². The lowest BCUT2D eigenvalue weighted by molar-refractivity contribution is 0.232. The van der Waals surface area contributed by atoms with Crippen LogP contribution in [-0.4, -0.2) is 6.61 Å². The second-order valence-corrected chi connectivity index (χ2v) is 6.45. The predicted octanol–water partition coefficient (Wildman–Crippen LogP) is 5.08. The van der Waals surface area contributed by atoms with E-state index in [4.69, 9.17) is 10.5 Å². The maximum atomic E-state index is 6.50. The van der Waals surface area contributed by atoms with Crippen molar-refractivity contribution in [3.8, 4) is 5.75 Å². The monoisotopic (exact) mass is 289 g/mol. The van der Waals surface area contributed by atoms with Crippen LogP contribution in [0.15, 0.2) is 24.3 Å². The highest BCUT2D eigenvalue weighted by molar-refractivity contribution is 5.29. The number of unbranched alkanes of at least 4 members (excludes halogenated alkanes) is 1. The summed E-state index contributed by atoms with van der Waals surface area (Å²) in [6, 6.07) is 8.56. The van der Waals surface area contributed by atoms with Gasteiger partial charge in [-0.05, 0) is 49.3 Å². The van der Waals surface area contributed by atoms with E-state index >= 15 is 0 Å². The van der Waals surface area contributed by atoms with Gasteiger partial charge in [-0.15, -0.1) is 0 Å². The molecule has 0 radical (unpaired) electrons. The molecule has 1 aromatic carbocycles. The Labute approximate surface area is 130 Å². The zero-order valence-electron chi connectivity index (χ0n) is 13.7. The van der Waals surface area contributed by atoms with E-state index in [0.717, 1.165) is 11.7 Å². The van der Waals surface area contributed by atoms with E-state index in [9.17, 15) is 0 Å². The molecule has 1 fully saturated rings. The summed E-state index contributed by atoms with van der Waals surface area (Å²) in [5.74, 6) is 2.55. The molecule has 118 valence electrons. The lowest BCUT2D eigenvalue weighted by Gasteiger charge is -2.32. The van der Waals surface area contributed by atoms with Crippen LogP contribution < -0.4 is 10.5 Å². The van der Waals surface area contributed by atoms with E-state index < -0.39 is 0 Å². The zero-order valence-corrected chi connectivity index (χ0v) is 13.7. The Morgan fingerprint density at radius 1 is 1.10 bits per heavy atom. The van der Waals surface area contributed by atoms with Gasteiger partial charge in [-0.1, -0.05) is 51.2 Å². The van der Waals surface area contributed by atoms with Gasteiger partial charge in [0.05, 0.1) is 6.61 Å². The van der Waals surface area contributed by atoms with Crippen molar-refractivity contribution in [2.75, 3.05) is 6.61 Å². The van der Waals surface area contributed by atoms with Crippen LogP contribution in [0.25, 0.3) is 0 Å². The molecule has 0 bridgehead atoms. The standard InChI is InChI=1S/C19H31NO/c1-3-5-6-15-7-9-16(10-8-15)19(20)17-11-13-18(14-12-17)21-4-2/h11-16,19H,3-10,20H2,1-2H3. The molecule has 1 unspecified atom stereocenters. The van der Waals surface area contributed by atoms with Crippen LogP contribution in [0.2, 0.25) is 0 Å². The van der Waals surface area contributed by atoms with Crippen LogP contribution in [0.1, 0.15) is 70.4 Å². The molecule has 1 saturated carbocycles. The van der Waals surface area contributed by atoms with Gasteiger partial charge in [-0.3, -0.25) is 0 Å². The van der Waals surface area contributed by atoms with Crippen molar-refractivity contribution in [1.82, 2.24) is 0 Å². The fourth-order valence-corrected chi connectivity index (χ4v) is 3.55. The predicted molar refractivity (Wildman–Crippen MR) is 89.5 cm³/mol. The van der Waals surface area contributed by atoms with Gasteiger partial charge in [0.25, 0.3) is 0 Å². The van der Waals surface area contributed by atoms with Crippen molar-refractivity contribution in [1.29, 1.82) is 0 Å². The smallest absolute Gasteiger partial charge is 0.119 e. The quantitative estimate of drug-likeness (QED) is 0.759. The van der Waals surface area contributed by atoms with Gasteiger partial charge in [-0.2, -0.15) is 0 Å². The third-order valence-electron chi connectivity index (χ3n) is 4.94. The van der Waals surface area contributed by atoms with Gasteiger partial charge >= 0.3 is 0 Å². The Morgan fingerprint density at radius 3 is 2.33 bits per heavy atom. The molecule has 2 N–H and O–H groups in total. The van der Waals surface area contributed by atoms with E-state index in [-0.39, 0.29) is 6.04 Å². The van der Waals surface area contributed by atoms with Crippen LogP contribution in [0, 0.1) is 11.8 Å². The minimum atomic E-state index is 0.188. The summed E-state index contributed by atoms with van der Waals surface area (Å²) >= 11 is 0. The summed E-state index contributed by atoms with van der Waals surface area (Å²) in [4.78, 5) is 0. The molecule has 0 saturated heterocycles. The van der Waals surface area contributed by atoms with Gasteiger partial charge in [0, 0.05) is 6.04 Å². The minimum Gasteiger partial charge on any atom is -0.494 e. The minimum absolute atomic E-state index is 0.188. The van der Waals surface area contributed by atoms with Gasteiger partial charge in [0.15, 0.2) is 0 Å². The fourth-order valence-electron chi connectivity index (χ4n) is 3.55. The zero-order chi connectivity index (χ0) is 15.1. The molecule has 1 aromatic rings. The summed E-state index contributed by atoms with van der Waals surface area (Å²) in [6.45, 7) is 5.01. The van der Waals surface area contributed by atoms with E-state index in [1.165, 1.54) is 50.5 Å². The van der Waals surface area contributed by atoms with Crippen molar-refractivity contribution < 1.29 is 4.74 Å². The molecule has 21 heavy (non-hydrogen) atoms. The Balaban J connectivity index is 1.84. The summed E-state index contributed by atoms with van der Waals surface area (Å²) < 4.78 is 5.50. The van der Waals surface area contributed by atoms with Crippen molar-refractivity contribution in [2.24, 2.45) is 17.6 Å². The molecule has 0 spiro atoms. The Bertz CT molecular complexity index is 393. The third-order valence-corrected chi connectivity index (χ3v) is 4.94. The number of benzene rings is 1. The summed E-state index contributed by atoms with van der Waals surface area (Å²) in [5.41, 5.74) is 7.76. The Kier molecular flexibility index (Phi) is 6.56. The molecule has 1 atom stereocenters. The number of hydrogen-bond donors (Lipinski definition) is 1. The van der Waals surface area contributed by atoms with Crippen LogP contribution in [0.4, 0.5) is 0 Å². The first-order chi connectivity index (χ1) is 10.2. The molecule has 2 heteroatoms. The molecular formula is C19H31NO. The first kappa shape index (κ1) is 16.4. The van der Waals surface area contributed by atoms with Crippen LogP contribution in [0.3, 0.4) is 0 Å². The van der Waals surface area contributed by atoms with E-state index in [0.29, 0.717) is 12.5 Å². The highest BCUT2D eigenvalue weighted by Gasteiger charge is 2.26. The Morgan fingerprint density at radius 2 is 1.76 bits per heavy atom. The largest absolute Gasteiger partial charge is 0.494 e. The second-order valence-electron chi connectivity index (χ2n) is 6.45. The van der Waals surface area contributed by atoms with Gasteiger partial charge in [-0.25, -0.2) is 0 Å². The second kappa shape index (κ2) is 8.43. The highest BCUT2D eigenvalue weighted by Crippen LogP contribution is 2.37. The highest BCUT2D eigenvalue weighted by atomic mass is 16.5. The summed E-state index contributed by atoms with van der Waals surface area (Å²) in [5, 5.41) is 0. The number of hydrogen-bond acceptors (Lipinski definition) is 2. The average Bonchev–Trinajstić information content (AvgIpc) is 2.54. The van der Waals surface area contributed by atoms with Crippen LogP contribution in [0.5, 0.6) is 5.75 Å². The molecule has 1 aliphatic rings. The number of nitrogens with two attached hydrogens (primary N) is 1. The summed E-state index contributed by atoms with van der Waals surface area (Å²) in [7, 11) is 0. The fraction of sp³-hybridized carbons (Fsp3) is 0.684. The van der Waals surface area contributed by atoms with E-state index in [2.05, 4.69) is 19.1 Å². The van der Waals surface area contributed by atoms with Crippen molar-refractivity contribution in [2.45, 2.75) is 64.8 Å². The van der Waals surface area contributed by atoms with Gasteiger partial charge in [0.2, 0.25) is 0 Å². The SMILES string of the molecule is CCCCC1CCC(C(N)c2ccc(OCC)cc2)CC1. The molecular weight excluding hydrogens is 258 g/mol. The third kappa shape index (κ3) is 4.74. The topological polar surface area (TPSA) is 35.2 Å². The molecule has 2 rings (SSSR count). The summed E-state index contributed by atoms with van der Waals surface area (Å²) in [6.07, 6.45) is 9.46. The van der Waals surface area contributed by atoms with Crippen LogP contribution >= 0.6 is 0 Å². The van der Waals surface area contributed by atoms with Gasteiger partial charge in [0.1, 0.15) is 5.75 Å². The first-order valence-electron chi connectivity index (χ1n) is 8.72. The normalized spacial score (nSPS) is 23.8. The molecule has 1 aliphatic carbocycles. The maximum Gasteiger partial charge on any atom is 0.119 e. The average molecular weight is 289 g/mol. The van der Waals surface area contributed by atoms with Crippen molar-refractivity contribution in [3.05, 3.63) is 29.8 Å². The maximum absolute atomic E-state index is 6.50. The van der Waals surface area contributed by atoms with Crippen LogP contribution in [-0.2, 0) is 0 Å².